The summed E-state index contributed by atoms with van der Waals surface area (Å²) in [4.78, 5) is 0.768. The minimum absolute atomic E-state index is 0.161. The Morgan fingerprint density at radius 1 is 1.77 bits per heavy atom. The van der Waals surface area contributed by atoms with Gasteiger partial charge in [0.2, 0.25) is 0 Å². The first-order valence-electron chi connectivity index (χ1n) is 4.14. The average Bonchev–Trinajstić information content (AvgIpc) is 2.54. The number of aliphatic hydroxyl groups is 1. The molecule has 0 aliphatic carbocycles. The Morgan fingerprint density at radius 2 is 2.54 bits per heavy atom. The van der Waals surface area contributed by atoms with Crippen molar-refractivity contribution in [3.05, 3.63) is 22.4 Å². The van der Waals surface area contributed by atoms with Gasteiger partial charge in [0.1, 0.15) is 0 Å². The Labute approximate surface area is 87.6 Å². The van der Waals surface area contributed by atoms with Crippen molar-refractivity contribution in [1.82, 2.24) is 5.32 Å². The van der Waals surface area contributed by atoms with Gasteiger partial charge in [-0.25, -0.2) is 0 Å². The second-order valence-corrected chi connectivity index (χ2v) is 4.21. The number of aliphatic hydroxyl groups excluding tert-OH is 1. The third-order valence-corrected chi connectivity index (χ3v) is 2.56. The zero-order valence-electron chi connectivity index (χ0n) is 7.49. The van der Waals surface area contributed by atoms with Gasteiger partial charge in [0.05, 0.1) is 11.0 Å². The molecule has 1 unspecified atom stereocenters. The maximum atomic E-state index is 8.87. The van der Waals surface area contributed by atoms with Crippen LogP contribution in [0.5, 0.6) is 0 Å². The lowest BCUT2D eigenvalue weighted by atomic mass is 10.1. The summed E-state index contributed by atoms with van der Waals surface area (Å²) < 4.78 is 0. The van der Waals surface area contributed by atoms with Crippen LogP contribution in [0, 0.1) is 0 Å². The minimum atomic E-state index is 0.161. The van der Waals surface area contributed by atoms with Crippen molar-refractivity contribution in [2.45, 2.75) is 19.4 Å². The summed E-state index contributed by atoms with van der Waals surface area (Å²) in [5, 5.41) is 16.1. The van der Waals surface area contributed by atoms with E-state index in [2.05, 4.69) is 16.8 Å². The van der Waals surface area contributed by atoms with Crippen LogP contribution >= 0.6 is 23.6 Å². The fraction of sp³-hybridized carbons (Fsp3) is 0.444. The van der Waals surface area contributed by atoms with Crippen molar-refractivity contribution in [2.75, 3.05) is 6.61 Å². The molecule has 0 aliphatic heterocycles. The van der Waals surface area contributed by atoms with Crippen molar-refractivity contribution >= 4 is 28.5 Å². The largest absolute Gasteiger partial charge is 0.396 e. The summed E-state index contributed by atoms with van der Waals surface area (Å²) in [6.45, 7) is 2.03. The van der Waals surface area contributed by atoms with E-state index in [0.29, 0.717) is 6.42 Å². The molecule has 0 aliphatic rings. The van der Waals surface area contributed by atoms with E-state index in [-0.39, 0.29) is 12.6 Å². The Bertz CT molecular complexity index is 259. The molecular formula is C9H13NOS2. The van der Waals surface area contributed by atoms with Crippen LogP contribution in [0.3, 0.4) is 0 Å². The smallest absolute Gasteiger partial charge is 0.0726 e. The van der Waals surface area contributed by atoms with Crippen LogP contribution in [0.1, 0.15) is 24.9 Å². The van der Waals surface area contributed by atoms with Crippen molar-refractivity contribution in [3.63, 3.8) is 0 Å². The molecule has 2 nitrogen and oxygen atoms in total. The molecule has 0 bridgehead atoms. The third-order valence-electron chi connectivity index (χ3n) is 1.74. The Hall–Kier alpha value is -0.450. The predicted octanol–water partition coefficient (Wildman–Crippen LogP) is 2.11. The van der Waals surface area contributed by atoms with Crippen LogP contribution in [0.25, 0.3) is 0 Å². The van der Waals surface area contributed by atoms with Gasteiger partial charge < -0.3 is 10.4 Å². The van der Waals surface area contributed by atoms with Crippen molar-refractivity contribution in [2.24, 2.45) is 0 Å². The highest BCUT2D eigenvalue weighted by molar-refractivity contribution is 7.80. The molecule has 1 aromatic rings. The van der Waals surface area contributed by atoms with Crippen LogP contribution in [-0.4, -0.2) is 16.7 Å². The van der Waals surface area contributed by atoms with E-state index >= 15 is 0 Å². The molecule has 0 saturated carbocycles. The van der Waals surface area contributed by atoms with Gasteiger partial charge in [-0.2, -0.15) is 11.3 Å². The minimum Gasteiger partial charge on any atom is -0.396 e. The van der Waals surface area contributed by atoms with Crippen LogP contribution < -0.4 is 5.32 Å². The highest BCUT2D eigenvalue weighted by atomic mass is 32.1. The lowest BCUT2D eigenvalue weighted by molar-refractivity contribution is 0.272. The normalized spacial score (nSPS) is 12.5. The molecule has 0 amide bonds. The molecule has 0 radical (unpaired) electrons. The lowest BCUT2D eigenvalue weighted by Crippen LogP contribution is -2.25. The summed E-state index contributed by atoms with van der Waals surface area (Å²) in [6, 6.07) is 2.21. The number of thiophene rings is 1. The number of hydrogen-bond donors (Lipinski definition) is 2. The molecule has 1 aromatic heterocycles. The first kappa shape index (κ1) is 10.6. The Kier molecular flexibility index (Phi) is 4.35. The van der Waals surface area contributed by atoms with Gasteiger partial charge in [-0.3, -0.25) is 0 Å². The molecule has 72 valence electrons. The van der Waals surface area contributed by atoms with Crippen molar-refractivity contribution in [1.29, 1.82) is 0 Å². The fourth-order valence-corrected chi connectivity index (χ4v) is 2.03. The zero-order chi connectivity index (χ0) is 9.68. The molecule has 1 heterocycles. The van der Waals surface area contributed by atoms with Crippen LogP contribution in [0.4, 0.5) is 0 Å². The molecule has 13 heavy (non-hydrogen) atoms. The second kappa shape index (κ2) is 5.32. The van der Waals surface area contributed by atoms with E-state index in [1.165, 1.54) is 5.56 Å². The third kappa shape index (κ3) is 3.42. The van der Waals surface area contributed by atoms with Gasteiger partial charge in [0, 0.05) is 6.61 Å². The summed E-state index contributed by atoms with van der Waals surface area (Å²) in [6.07, 6.45) is 0.699. The SMILES string of the molecule is CC(=S)NC(CCO)c1ccsc1. The summed E-state index contributed by atoms with van der Waals surface area (Å²) >= 11 is 6.63. The van der Waals surface area contributed by atoms with E-state index < -0.39 is 0 Å². The molecule has 0 saturated heterocycles. The van der Waals surface area contributed by atoms with Crippen LogP contribution in [0.2, 0.25) is 0 Å². The van der Waals surface area contributed by atoms with Gasteiger partial charge in [-0.1, -0.05) is 12.2 Å². The van der Waals surface area contributed by atoms with Crippen LogP contribution in [-0.2, 0) is 0 Å². The predicted molar refractivity (Wildman–Crippen MR) is 60.2 cm³/mol. The molecule has 0 spiro atoms. The molecular weight excluding hydrogens is 202 g/mol. The first-order valence-corrected chi connectivity index (χ1v) is 5.49. The zero-order valence-corrected chi connectivity index (χ0v) is 9.12. The van der Waals surface area contributed by atoms with Gasteiger partial charge in [-0.05, 0) is 35.7 Å². The molecule has 0 aromatic carbocycles. The number of thiocarbonyl (C=S) groups is 1. The molecule has 1 rings (SSSR count). The maximum absolute atomic E-state index is 8.87. The van der Waals surface area contributed by atoms with Crippen molar-refractivity contribution < 1.29 is 5.11 Å². The van der Waals surface area contributed by atoms with E-state index in [9.17, 15) is 0 Å². The highest BCUT2D eigenvalue weighted by Crippen LogP contribution is 2.19. The number of nitrogens with one attached hydrogen (secondary N) is 1. The second-order valence-electron chi connectivity index (χ2n) is 2.82. The lowest BCUT2D eigenvalue weighted by Gasteiger charge is -2.16. The van der Waals surface area contributed by atoms with Crippen LogP contribution in [0.15, 0.2) is 16.8 Å². The Balaban J connectivity index is 2.62. The van der Waals surface area contributed by atoms with Crippen molar-refractivity contribution in [3.8, 4) is 0 Å². The topological polar surface area (TPSA) is 32.3 Å². The van der Waals surface area contributed by atoms with Gasteiger partial charge in [-0.15, -0.1) is 0 Å². The molecule has 4 heteroatoms. The summed E-state index contributed by atoms with van der Waals surface area (Å²) in [5.74, 6) is 0. The standard InChI is InChI=1S/C9H13NOS2/c1-7(12)10-9(2-4-11)8-3-5-13-6-8/h3,5-6,9,11H,2,4H2,1H3,(H,10,12). The van der Waals surface area contributed by atoms with E-state index in [4.69, 9.17) is 17.3 Å². The van der Waals surface area contributed by atoms with Gasteiger partial charge in [0.25, 0.3) is 0 Å². The molecule has 0 fully saturated rings. The van der Waals surface area contributed by atoms with E-state index in [1.807, 2.05) is 12.3 Å². The average molecular weight is 215 g/mol. The fourth-order valence-electron chi connectivity index (χ4n) is 1.17. The Morgan fingerprint density at radius 3 is 3.00 bits per heavy atom. The number of rotatable bonds is 4. The number of hydrogen-bond acceptors (Lipinski definition) is 3. The maximum Gasteiger partial charge on any atom is 0.0726 e. The summed E-state index contributed by atoms with van der Waals surface area (Å²) in [5.41, 5.74) is 1.20. The highest BCUT2D eigenvalue weighted by Gasteiger charge is 2.10. The molecule has 1 atom stereocenters. The van der Waals surface area contributed by atoms with Gasteiger partial charge in [0.15, 0.2) is 0 Å². The molecule has 2 N–H and O–H groups in total. The van der Waals surface area contributed by atoms with E-state index in [0.717, 1.165) is 4.99 Å². The quantitative estimate of drug-likeness (QED) is 0.755. The first-order chi connectivity index (χ1) is 6.24. The van der Waals surface area contributed by atoms with E-state index in [1.54, 1.807) is 11.3 Å². The summed E-state index contributed by atoms with van der Waals surface area (Å²) in [7, 11) is 0. The van der Waals surface area contributed by atoms with Gasteiger partial charge >= 0.3 is 0 Å². The monoisotopic (exact) mass is 215 g/mol.